The number of carbonyl (C=O) groups excluding carboxylic acids is 2. The van der Waals surface area contributed by atoms with E-state index in [0.29, 0.717) is 23.5 Å². The van der Waals surface area contributed by atoms with Crippen LogP contribution in [0.5, 0.6) is 11.5 Å². The number of ketones is 1. The van der Waals surface area contributed by atoms with Crippen LogP contribution in [0.4, 0.5) is 4.39 Å². The molecule has 2 aromatic rings. The summed E-state index contributed by atoms with van der Waals surface area (Å²) in [5.74, 6) is -0.288. The van der Waals surface area contributed by atoms with E-state index in [4.69, 9.17) is 9.47 Å². The van der Waals surface area contributed by atoms with Gasteiger partial charge in [-0.15, -0.1) is 0 Å². The molecule has 5 nitrogen and oxygen atoms in total. The first-order chi connectivity index (χ1) is 12.1. The topological polar surface area (TPSA) is 64.6 Å². The SMILES string of the molecule is COc1cccc2c1OC[C@@H](NC(=O)C(=O)Cc1ccc(F)cc1)C2. The Labute approximate surface area is 144 Å². The van der Waals surface area contributed by atoms with E-state index in [1.54, 1.807) is 7.11 Å². The lowest BCUT2D eigenvalue weighted by Gasteiger charge is -2.27. The summed E-state index contributed by atoms with van der Waals surface area (Å²) in [5.41, 5.74) is 1.51. The van der Waals surface area contributed by atoms with Gasteiger partial charge in [-0.05, 0) is 30.2 Å². The monoisotopic (exact) mass is 343 g/mol. The van der Waals surface area contributed by atoms with Crippen LogP contribution in [0, 0.1) is 5.82 Å². The van der Waals surface area contributed by atoms with Gasteiger partial charge in [0.2, 0.25) is 5.78 Å². The Balaban J connectivity index is 1.59. The van der Waals surface area contributed by atoms with E-state index in [1.807, 2.05) is 18.2 Å². The lowest BCUT2D eigenvalue weighted by Crippen LogP contribution is -2.45. The highest BCUT2D eigenvalue weighted by atomic mass is 19.1. The number of halogens is 1. The molecule has 1 atom stereocenters. The Morgan fingerprint density at radius 1 is 1.24 bits per heavy atom. The maximum absolute atomic E-state index is 12.9. The third kappa shape index (κ3) is 3.96. The van der Waals surface area contributed by atoms with Gasteiger partial charge in [0.15, 0.2) is 11.5 Å². The van der Waals surface area contributed by atoms with Gasteiger partial charge in [0.05, 0.1) is 13.2 Å². The van der Waals surface area contributed by atoms with Crippen molar-refractivity contribution in [2.75, 3.05) is 13.7 Å². The molecule has 6 heteroatoms. The van der Waals surface area contributed by atoms with E-state index in [9.17, 15) is 14.0 Å². The largest absolute Gasteiger partial charge is 0.493 e. The van der Waals surface area contributed by atoms with Crippen LogP contribution in [0.25, 0.3) is 0 Å². The summed E-state index contributed by atoms with van der Waals surface area (Å²) in [6.07, 6.45) is 0.492. The summed E-state index contributed by atoms with van der Waals surface area (Å²) >= 11 is 0. The number of fused-ring (bicyclic) bond motifs is 1. The maximum Gasteiger partial charge on any atom is 0.288 e. The van der Waals surface area contributed by atoms with Crippen LogP contribution in [-0.4, -0.2) is 31.4 Å². The normalized spacial score (nSPS) is 15.7. The van der Waals surface area contributed by atoms with Gasteiger partial charge in [0.1, 0.15) is 12.4 Å². The van der Waals surface area contributed by atoms with Crippen LogP contribution < -0.4 is 14.8 Å². The van der Waals surface area contributed by atoms with Crippen molar-refractivity contribution < 1.29 is 23.5 Å². The number of carbonyl (C=O) groups is 2. The fraction of sp³-hybridized carbons (Fsp3) is 0.263. The number of hydrogen-bond donors (Lipinski definition) is 1. The molecule has 3 rings (SSSR count). The minimum atomic E-state index is -0.663. The molecule has 0 aromatic heterocycles. The molecule has 130 valence electrons. The summed E-state index contributed by atoms with van der Waals surface area (Å²) in [6.45, 7) is 0.267. The van der Waals surface area contributed by atoms with Gasteiger partial charge >= 0.3 is 0 Å². The average molecular weight is 343 g/mol. The molecule has 1 heterocycles. The smallest absolute Gasteiger partial charge is 0.288 e. The van der Waals surface area contributed by atoms with Gasteiger partial charge in [-0.25, -0.2) is 4.39 Å². The zero-order valence-corrected chi connectivity index (χ0v) is 13.8. The molecule has 0 bridgehead atoms. The van der Waals surface area contributed by atoms with Crippen molar-refractivity contribution in [1.82, 2.24) is 5.32 Å². The zero-order chi connectivity index (χ0) is 17.8. The average Bonchev–Trinajstić information content (AvgIpc) is 2.62. The van der Waals surface area contributed by atoms with Crippen LogP contribution in [0.1, 0.15) is 11.1 Å². The number of methoxy groups -OCH3 is 1. The van der Waals surface area contributed by atoms with E-state index >= 15 is 0 Å². The van der Waals surface area contributed by atoms with Gasteiger partial charge in [0.25, 0.3) is 5.91 Å². The highest BCUT2D eigenvalue weighted by Gasteiger charge is 2.25. The van der Waals surface area contributed by atoms with Crippen LogP contribution in [-0.2, 0) is 22.4 Å². The molecular weight excluding hydrogens is 325 g/mol. The molecule has 1 aliphatic heterocycles. The lowest BCUT2D eigenvalue weighted by molar-refractivity contribution is -0.138. The van der Waals surface area contributed by atoms with Crippen molar-refractivity contribution >= 4 is 11.7 Å². The van der Waals surface area contributed by atoms with E-state index < -0.39 is 11.7 Å². The second-order valence-electron chi connectivity index (χ2n) is 5.86. The number of amides is 1. The number of ether oxygens (including phenoxy) is 2. The molecule has 0 saturated heterocycles. The van der Waals surface area contributed by atoms with Crippen molar-refractivity contribution in [1.29, 1.82) is 0 Å². The summed E-state index contributed by atoms with van der Waals surface area (Å²) in [7, 11) is 1.57. The Hall–Kier alpha value is -2.89. The molecule has 1 N–H and O–H groups in total. The van der Waals surface area contributed by atoms with Crippen LogP contribution in [0.2, 0.25) is 0 Å². The van der Waals surface area contributed by atoms with E-state index in [0.717, 1.165) is 5.56 Å². The van der Waals surface area contributed by atoms with Gasteiger partial charge in [-0.1, -0.05) is 24.3 Å². The zero-order valence-electron chi connectivity index (χ0n) is 13.8. The highest BCUT2D eigenvalue weighted by molar-refractivity contribution is 6.36. The molecule has 25 heavy (non-hydrogen) atoms. The van der Waals surface area contributed by atoms with E-state index in [-0.39, 0.29) is 24.9 Å². The van der Waals surface area contributed by atoms with Crippen molar-refractivity contribution in [3.05, 3.63) is 59.4 Å². The standard InChI is InChI=1S/C19H18FNO4/c1-24-17-4-2-3-13-10-15(11-25-18(13)17)21-19(23)16(22)9-12-5-7-14(20)8-6-12/h2-8,15H,9-11H2,1H3,(H,21,23)/t15-/m0/s1. The quantitative estimate of drug-likeness (QED) is 0.844. The van der Waals surface area contributed by atoms with Crippen LogP contribution >= 0.6 is 0 Å². The molecule has 1 aliphatic rings. The molecule has 0 unspecified atom stereocenters. The second-order valence-corrected chi connectivity index (χ2v) is 5.86. The Kier molecular flexibility index (Phi) is 4.97. The molecule has 1 amide bonds. The number of nitrogens with one attached hydrogen (secondary N) is 1. The third-order valence-corrected chi connectivity index (χ3v) is 4.04. The molecule has 0 radical (unpaired) electrons. The molecule has 0 fully saturated rings. The first kappa shape index (κ1) is 17.0. The number of para-hydroxylation sites is 1. The summed E-state index contributed by atoms with van der Waals surface area (Å²) < 4.78 is 23.8. The van der Waals surface area contributed by atoms with E-state index in [1.165, 1.54) is 24.3 Å². The predicted octanol–water partition coefficient (Wildman–Crippen LogP) is 2.07. The number of Topliss-reactive ketones (excluding diaryl/α,β-unsaturated/α-hetero) is 1. The Morgan fingerprint density at radius 3 is 2.72 bits per heavy atom. The summed E-state index contributed by atoms with van der Waals surface area (Å²) in [6, 6.07) is 10.8. The predicted molar refractivity (Wildman–Crippen MR) is 89.2 cm³/mol. The van der Waals surface area contributed by atoms with Crippen LogP contribution in [0.15, 0.2) is 42.5 Å². The maximum atomic E-state index is 12.9. The molecule has 0 saturated carbocycles. The van der Waals surface area contributed by atoms with Gasteiger partial charge in [-0.2, -0.15) is 0 Å². The van der Waals surface area contributed by atoms with Gasteiger partial charge < -0.3 is 14.8 Å². The Bertz CT molecular complexity index is 789. The molecular formula is C19H18FNO4. The Morgan fingerprint density at radius 2 is 2.00 bits per heavy atom. The van der Waals surface area contributed by atoms with Crippen molar-refractivity contribution in [2.45, 2.75) is 18.9 Å². The minimum Gasteiger partial charge on any atom is -0.493 e. The fourth-order valence-electron chi connectivity index (χ4n) is 2.78. The van der Waals surface area contributed by atoms with Crippen LogP contribution in [0.3, 0.4) is 0 Å². The third-order valence-electron chi connectivity index (χ3n) is 4.04. The second kappa shape index (κ2) is 7.34. The van der Waals surface area contributed by atoms with E-state index in [2.05, 4.69) is 5.32 Å². The van der Waals surface area contributed by atoms with Crippen molar-refractivity contribution in [3.8, 4) is 11.5 Å². The first-order valence-electron chi connectivity index (χ1n) is 7.93. The minimum absolute atomic E-state index is 0.0654. The number of rotatable bonds is 5. The number of benzene rings is 2. The number of hydrogen-bond acceptors (Lipinski definition) is 4. The van der Waals surface area contributed by atoms with Crippen molar-refractivity contribution in [2.24, 2.45) is 0 Å². The summed E-state index contributed by atoms with van der Waals surface area (Å²) in [4.78, 5) is 24.2. The van der Waals surface area contributed by atoms with Gasteiger partial charge in [0, 0.05) is 12.0 Å². The first-order valence-corrected chi connectivity index (χ1v) is 7.93. The fourth-order valence-corrected chi connectivity index (χ4v) is 2.78. The lowest BCUT2D eigenvalue weighted by atomic mass is 10.0. The molecule has 2 aromatic carbocycles. The van der Waals surface area contributed by atoms with Gasteiger partial charge in [-0.3, -0.25) is 9.59 Å². The van der Waals surface area contributed by atoms with Crippen molar-refractivity contribution in [3.63, 3.8) is 0 Å². The highest BCUT2D eigenvalue weighted by Crippen LogP contribution is 2.34. The summed E-state index contributed by atoms with van der Waals surface area (Å²) in [5, 5.41) is 2.70. The molecule has 0 spiro atoms. The molecule has 0 aliphatic carbocycles.